The Hall–Kier alpha value is -1.79. The van der Waals surface area contributed by atoms with Crippen molar-refractivity contribution in [3.05, 3.63) is 36.0 Å². The van der Waals surface area contributed by atoms with Gasteiger partial charge in [0.15, 0.2) is 0 Å². The highest BCUT2D eigenvalue weighted by Crippen LogP contribution is 2.22. The SMILES string of the molecule is N#Cc1cccc2c1ccn2CC1CCCO1. The lowest BCUT2D eigenvalue weighted by molar-refractivity contribution is 0.0980. The summed E-state index contributed by atoms with van der Waals surface area (Å²) in [5.41, 5.74) is 1.87. The molecule has 3 rings (SSSR count). The zero-order chi connectivity index (χ0) is 11.7. The monoisotopic (exact) mass is 226 g/mol. The molecule has 1 fully saturated rings. The summed E-state index contributed by atoms with van der Waals surface area (Å²) < 4.78 is 7.83. The van der Waals surface area contributed by atoms with Crippen LogP contribution in [-0.2, 0) is 11.3 Å². The molecule has 1 unspecified atom stereocenters. The predicted molar refractivity (Wildman–Crippen MR) is 65.6 cm³/mol. The molecule has 0 radical (unpaired) electrons. The fraction of sp³-hybridized carbons (Fsp3) is 0.357. The van der Waals surface area contributed by atoms with Crippen LogP contribution in [0.5, 0.6) is 0 Å². The topological polar surface area (TPSA) is 38.0 Å². The molecule has 1 atom stereocenters. The highest BCUT2D eigenvalue weighted by molar-refractivity contribution is 5.85. The quantitative estimate of drug-likeness (QED) is 0.789. The minimum atomic E-state index is 0.330. The summed E-state index contributed by atoms with van der Waals surface area (Å²) in [6.07, 6.45) is 4.68. The van der Waals surface area contributed by atoms with E-state index in [1.54, 1.807) is 0 Å². The molecule has 17 heavy (non-hydrogen) atoms. The van der Waals surface area contributed by atoms with Gasteiger partial charge in [0.25, 0.3) is 0 Å². The third-order valence-electron chi connectivity index (χ3n) is 3.36. The van der Waals surface area contributed by atoms with E-state index >= 15 is 0 Å². The molecule has 0 saturated carbocycles. The summed E-state index contributed by atoms with van der Waals surface area (Å²) in [5, 5.41) is 10.1. The van der Waals surface area contributed by atoms with E-state index in [4.69, 9.17) is 10.00 Å². The summed E-state index contributed by atoms with van der Waals surface area (Å²) in [6.45, 7) is 1.77. The van der Waals surface area contributed by atoms with E-state index in [9.17, 15) is 0 Å². The fourth-order valence-corrected chi connectivity index (χ4v) is 2.49. The number of hydrogen-bond donors (Lipinski definition) is 0. The van der Waals surface area contributed by atoms with E-state index in [0.29, 0.717) is 6.10 Å². The van der Waals surface area contributed by atoms with E-state index in [-0.39, 0.29) is 0 Å². The van der Waals surface area contributed by atoms with Gasteiger partial charge in [-0.1, -0.05) is 6.07 Å². The maximum Gasteiger partial charge on any atom is 0.0998 e. The van der Waals surface area contributed by atoms with Crippen LogP contribution in [0.2, 0.25) is 0 Å². The first-order valence-corrected chi connectivity index (χ1v) is 5.98. The van der Waals surface area contributed by atoms with Gasteiger partial charge < -0.3 is 9.30 Å². The Kier molecular flexibility index (Phi) is 2.58. The van der Waals surface area contributed by atoms with Gasteiger partial charge in [-0.05, 0) is 31.0 Å². The first-order valence-electron chi connectivity index (χ1n) is 5.98. The molecule has 0 aliphatic carbocycles. The van der Waals surface area contributed by atoms with Gasteiger partial charge >= 0.3 is 0 Å². The lowest BCUT2D eigenvalue weighted by Gasteiger charge is -2.11. The van der Waals surface area contributed by atoms with Crippen LogP contribution >= 0.6 is 0 Å². The Bertz CT molecular complexity index is 573. The highest BCUT2D eigenvalue weighted by atomic mass is 16.5. The minimum absolute atomic E-state index is 0.330. The van der Waals surface area contributed by atoms with Crippen LogP contribution in [0, 0.1) is 11.3 Å². The smallest absolute Gasteiger partial charge is 0.0998 e. The third-order valence-corrected chi connectivity index (χ3v) is 3.36. The molecule has 0 amide bonds. The first-order chi connectivity index (χ1) is 8.38. The second kappa shape index (κ2) is 4.23. The zero-order valence-electron chi connectivity index (χ0n) is 9.60. The van der Waals surface area contributed by atoms with Crippen molar-refractivity contribution in [2.45, 2.75) is 25.5 Å². The number of rotatable bonds is 2. The standard InChI is InChI=1S/C14H14N2O/c15-9-11-3-1-5-14-13(11)6-7-16(14)10-12-4-2-8-17-12/h1,3,5-7,12H,2,4,8,10H2. The van der Waals surface area contributed by atoms with E-state index in [2.05, 4.69) is 16.7 Å². The van der Waals surface area contributed by atoms with Gasteiger partial charge in [0.2, 0.25) is 0 Å². The maximum atomic E-state index is 9.05. The normalized spacial score (nSPS) is 19.6. The zero-order valence-corrected chi connectivity index (χ0v) is 9.60. The molecule has 2 heterocycles. The molecule has 3 heteroatoms. The van der Waals surface area contributed by atoms with E-state index in [0.717, 1.165) is 42.5 Å². The predicted octanol–water partition coefficient (Wildman–Crippen LogP) is 2.69. The second-order valence-corrected chi connectivity index (χ2v) is 4.45. The van der Waals surface area contributed by atoms with Crippen molar-refractivity contribution in [2.24, 2.45) is 0 Å². The van der Waals surface area contributed by atoms with Gasteiger partial charge in [-0.25, -0.2) is 0 Å². The van der Waals surface area contributed by atoms with Crippen LogP contribution < -0.4 is 0 Å². The Morgan fingerprint density at radius 3 is 3.12 bits per heavy atom. The summed E-state index contributed by atoms with van der Waals surface area (Å²) in [7, 11) is 0. The number of fused-ring (bicyclic) bond motifs is 1. The number of ether oxygens (including phenoxy) is 1. The molecule has 1 aliphatic heterocycles. The lowest BCUT2D eigenvalue weighted by atomic mass is 10.1. The van der Waals surface area contributed by atoms with Gasteiger partial charge in [0.05, 0.1) is 17.7 Å². The Morgan fingerprint density at radius 2 is 2.35 bits per heavy atom. The van der Waals surface area contributed by atoms with E-state index in [1.165, 1.54) is 0 Å². The largest absolute Gasteiger partial charge is 0.376 e. The molecule has 0 spiro atoms. The Labute approximate surface area is 100 Å². The number of hydrogen-bond acceptors (Lipinski definition) is 2. The van der Waals surface area contributed by atoms with Crippen molar-refractivity contribution in [2.75, 3.05) is 6.61 Å². The lowest BCUT2D eigenvalue weighted by Crippen LogP contribution is -2.13. The van der Waals surface area contributed by atoms with Crippen molar-refractivity contribution in [3.63, 3.8) is 0 Å². The average molecular weight is 226 g/mol. The summed E-state index contributed by atoms with van der Waals surface area (Å²) >= 11 is 0. The van der Waals surface area contributed by atoms with Gasteiger partial charge in [-0.2, -0.15) is 5.26 Å². The van der Waals surface area contributed by atoms with Crippen molar-refractivity contribution in [1.29, 1.82) is 5.26 Å². The molecule has 3 nitrogen and oxygen atoms in total. The summed E-state index contributed by atoms with van der Waals surface area (Å²) in [4.78, 5) is 0. The highest BCUT2D eigenvalue weighted by Gasteiger charge is 2.16. The van der Waals surface area contributed by atoms with Gasteiger partial charge in [-0.15, -0.1) is 0 Å². The van der Waals surface area contributed by atoms with Gasteiger partial charge in [0, 0.05) is 30.3 Å². The summed E-state index contributed by atoms with van der Waals surface area (Å²) in [5.74, 6) is 0. The molecule has 0 bridgehead atoms. The van der Waals surface area contributed by atoms with Crippen LogP contribution in [0.3, 0.4) is 0 Å². The molecule has 1 aromatic heterocycles. The molecular weight excluding hydrogens is 212 g/mol. The Balaban J connectivity index is 1.98. The minimum Gasteiger partial charge on any atom is -0.376 e. The van der Waals surface area contributed by atoms with E-state index < -0.39 is 0 Å². The van der Waals surface area contributed by atoms with Crippen LogP contribution in [0.1, 0.15) is 18.4 Å². The first kappa shape index (κ1) is 10.4. The summed E-state index contributed by atoms with van der Waals surface area (Å²) in [6, 6.07) is 10.1. The van der Waals surface area contributed by atoms with Crippen molar-refractivity contribution >= 4 is 10.9 Å². The average Bonchev–Trinajstić information content (AvgIpc) is 2.99. The number of nitriles is 1. The number of nitrogens with zero attached hydrogens (tertiary/aromatic N) is 2. The molecule has 1 saturated heterocycles. The van der Waals surface area contributed by atoms with Crippen LogP contribution in [-0.4, -0.2) is 17.3 Å². The third kappa shape index (κ3) is 1.81. The molecule has 86 valence electrons. The Morgan fingerprint density at radius 1 is 1.41 bits per heavy atom. The van der Waals surface area contributed by atoms with Crippen LogP contribution in [0.25, 0.3) is 10.9 Å². The molecule has 0 N–H and O–H groups in total. The van der Waals surface area contributed by atoms with E-state index in [1.807, 2.05) is 24.4 Å². The van der Waals surface area contributed by atoms with Gasteiger partial charge in [0.1, 0.15) is 0 Å². The molecule has 1 aromatic carbocycles. The molecule has 2 aromatic rings. The van der Waals surface area contributed by atoms with Crippen LogP contribution in [0.15, 0.2) is 30.5 Å². The van der Waals surface area contributed by atoms with Gasteiger partial charge in [-0.3, -0.25) is 0 Å². The number of benzene rings is 1. The van der Waals surface area contributed by atoms with Crippen molar-refractivity contribution in [1.82, 2.24) is 4.57 Å². The molecular formula is C14H14N2O. The maximum absolute atomic E-state index is 9.05. The van der Waals surface area contributed by atoms with Crippen LogP contribution in [0.4, 0.5) is 0 Å². The fourth-order valence-electron chi connectivity index (χ4n) is 2.49. The number of aromatic nitrogens is 1. The second-order valence-electron chi connectivity index (χ2n) is 4.45. The van der Waals surface area contributed by atoms with Crippen molar-refractivity contribution < 1.29 is 4.74 Å². The van der Waals surface area contributed by atoms with Crippen molar-refractivity contribution in [3.8, 4) is 6.07 Å². The molecule has 1 aliphatic rings.